The fourth-order valence-electron chi connectivity index (χ4n) is 7.60. The average molecular weight is 366 g/mol. The number of hydrogen-bond acceptors (Lipinski definition) is 1. The van der Waals surface area contributed by atoms with Crippen molar-refractivity contribution in [1.82, 2.24) is 4.90 Å². The van der Waals surface area contributed by atoms with E-state index in [0.717, 1.165) is 60.0 Å². The number of hydrogen-bond donors (Lipinski definition) is 0. The lowest BCUT2D eigenvalue weighted by Crippen LogP contribution is -2.41. The largest absolute Gasteiger partial charge is 0.296 e. The molecule has 0 amide bonds. The van der Waals surface area contributed by atoms with E-state index in [4.69, 9.17) is 11.6 Å². The van der Waals surface area contributed by atoms with Crippen LogP contribution >= 0.6 is 11.6 Å². The molecule has 1 aliphatic heterocycles. The summed E-state index contributed by atoms with van der Waals surface area (Å²) in [6.07, 6.45) is 16.5. The number of nitrogens with zero attached hydrogens (tertiary/aromatic N) is 1. The SMILES string of the molecule is CC1CCC(CC2CCC3C(C2)C2CCCCC2N3CCCl)C(C)C1. The van der Waals surface area contributed by atoms with Gasteiger partial charge < -0.3 is 0 Å². The molecule has 8 unspecified atom stereocenters. The van der Waals surface area contributed by atoms with Crippen molar-refractivity contribution >= 4 is 11.6 Å². The van der Waals surface area contributed by atoms with Crippen LogP contribution in [0.4, 0.5) is 0 Å². The van der Waals surface area contributed by atoms with Gasteiger partial charge in [0.05, 0.1) is 0 Å². The first-order valence-corrected chi connectivity index (χ1v) is 12.0. The fraction of sp³-hybridized carbons (Fsp3) is 1.00. The van der Waals surface area contributed by atoms with Crippen molar-refractivity contribution in [3.05, 3.63) is 0 Å². The zero-order chi connectivity index (χ0) is 17.4. The van der Waals surface area contributed by atoms with Crippen molar-refractivity contribution in [2.45, 2.75) is 96.6 Å². The highest BCUT2D eigenvalue weighted by molar-refractivity contribution is 6.18. The van der Waals surface area contributed by atoms with Gasteiger partial charge in [-0.1, -0.05) is 33.1 Å². The molecule has 0 aromatic heterocycles. The third-order valence-electron chi connectivity index (χ3n) is 8.74. The van der Waals surface area contributed by atoms with Gasteiger partial charge in [0.2, 0.25) is 0 Å². The highest BCUT2D eigenvalue weighted by Gasteiger charge is 2.50. The molecule has 0 radical (unpaired) electrons. The van der Waals surface area contributed by atoms with Crippen LogP contribution in [0.3, 0.4) is 0 Å². The van der Waals surface area contributed by atoms with Gasteiger partial charge in [0.1, 0.15) is 0 Å². The minimum Gasteiger partial charge on any atom is -0.296 e. The van der Waals surface area contributed by atoms with Crippen molar-refractivity contribution in [2.24, 2.45) is 35.5 Å². The fourth-order valence-corrected chi connectivity index (χ4v) is 7.79. The molecule has 25 heavy (non-hydrogen) atoms. The molecule has 0 aromatic carbocycles. The number of rotatable bonds is 4. The van der Waals surface area contributed by atoms with Crippen LogP contribution in [0.25, 0.3) is 0 Å². The number of fused-ring (bicyclic) bond motifs is 3. The van der Waals surface area contributed by atoms with E-state index in [1.54, 1.807) is 12.8 Å². The molecule has 144 valence electrons. The summed E-state index contributed by atoms with van der Waals surface area (Å²) in [7, 11) is 0. The van der Waals surface area contributed by atoms with E-state index in [0.29, 0.717) is 0 Å². The predicted octanol–water partition coefficient (Wildman–Crippen LogP) is 6.35. The quantitative estimate of drug-likeness (QED) is 0.525. The molecule has 0 aromatic rings. The molecule has 8 atom stereocenters. The predicted molar refractivity (Wildman–Crippen MR) is 108 cm³/mol. The van der Waals surface area contributed by atoms with E-state index in [1.807, 2.05) is 0 Å². The smallest absolute Gasteiger partial charge is 0.0351 e. The van der Waals surface area contributed by atoms with Crippen molar-refractivity contribution in [2.75, 3.05) is 12.4 Å². The average Bonchev–Trinajstić information content (AvgIpc) is 2.92. The Balaban J connectivity index is 1.40. The Morgan fingerprint density at radius 2 is 1.64 bits per heavy atom. The minimum absolute atomic E-state index is 0.827. The van der Waals surface area contributed by atoms with E-state index >= 15 is 0 Å². The summed E-state index contributed by atoms with van der Waals surface area (Å²) in [5.41, 5.74) is 0. The zero-order valence-corrected chi connectivity index (χ0v) is 17.4. The van der Waals surface area contributed by atoms with Crippen molar-refractivity contribution in [1.29, 1.82) is 0 Å². The van der Waals surface area contributed by atoms with Gasteiger partial charge in [-0.05, 0) is 86.9 Å². The van der Waals surface area contributed by atoms with E-state index < -0.39 is 0 Å². The van der Waals surface area contributed by atoms with Crippen molar-refractivity contribution < 1.29 is 0 Å². The maximum absolute atomic E-state index is 6.19. The topological polar surface area (TPSA) is 3.24 Å². The van der Waals surface area contributed by atoms with E-state index in [2.05, 4.69) is 18.7 Å². The molecule has 3 saturated carbocycles. The van der Waals surface area contributed by atoms with Gasteiger partial charge in [0.15, 0.2) is 0 Å². The third-order valence-corrected chi connectivity index (χ3v) is 8.91. The van der Waals surface area contributed by atoms with E-state index in [-0.39, 0.29) is 0 Å². The van der Waals surface area contributed by atoms with Gasteiger partial charge in [0.25, 0.3) is 0 Å². The Morgan fingerprint density at radius 3 is 2.44 bits per heavy atom. The maximum Gasteiger partial charge on any atom is 0.0351 e. The normalized spacial score (nSPS) is 48.1. The zero-order valence-electron chi connectivity index (χ0n) is 16.6. The number of alkyl halides is 1. The highest BCUT2D eigenvalue weighted by Crippen LogP contribution is 2.52. The second-order valence-corrected chi connectivity index (χ2v) is 10.6. The first-order chi connectivity index (χ1) is 12.2. The van der Waals surface area contributed by atoms with Crippen molar-refractivity contribution in [3.63, 3.8) is 0 Å². The minimum atomic E-state index is 0.827. The van der Waals surface area contributed by atoms with Gasteiger partial charge in [0, 0.05) is 24.5 Å². The molecule has 1 heterocycles. The van der Waals surface area contributed by atoms with Gasteiger partial charge in [-0.25, -0.2) is 0 Å². The Hall–Kier alpha value is 0.250. The number of halogens is 1. The Morgan fingerprint density at radius 1 is 0.840 bits per heavy atom. The molecule has 2 heteroatoms. The standard InChI is InChI=1S/C23H40ClN/c1-16-7-9-19(17(2)13-16)14-18-8-10-23-21(15-18)20-5-3-4-6-22(20)25(23)12-11-24/h16-23H,3-15H2,1-2H3. The van der Waals surface area contributed by atoms with Crippen LogP contribution in [0.15, 0.2) is 0 Å². The molecule has 0 N–H and O–H groups in total. The van der Waals surface area contributed by atoms with Gasteiger partial charge in [-0.15, -0.1) is 11.6 Å². The van der Waals surface area contributed by atoms with Gasteiger partial charge in [-0.3, -0.25) is 4.90 Å². The molecule has 4 rings (SSSR count). The molecule has 0 bridgehead atoms. The molecular weight excluding hydrogens is 326 g/mol. The molecule has 3 aliphatic carbocycles. The molecule has 4 fully saturated rings. The van der Waals surface area contributed by atoms with E-state index in [1.165, 1.54) is 57.8 Å². The van der Waals surface area contributed by atoms with Gasteiger partial charge in [-0.2, -0.15) is 0 Å². The summed E-state index contributed by atoms with van der Waals surface area (Å²) < 4.78 is 0. The first-order valence-electron chi connectivity index (χ1n) is 11.5. The third kappa shape index (κ3) is 3.79. The maximum atomic E-state index is 6.19. The molecule has 4 aliphatic rings. The molecule has 1 nitrogen and oxygen atoms in total. The Bertz CT molecular complexity index is 438. The van der Waals surface area contributed by atoms with E-state index in [9.17, 15) is 0 Å². The van der Waals surface area contributed by atoms with Crippen LogP contribution in [-0.2, 0) is 0 Å². The summed E-state index contributed by atoms with van der Waals surface area (Å²) in [6.45, 7) is 6.15. The van der Waals surface area contributed by atoms with Crippen LogP contribution in [-0.4, -0.2) is 29.4 Å². The van der Waals surface area contributed by atoms with Crippen LogP contribution in [0, 0.1) is 35.5 Å². The van der Waals surface area contributed by atoms with Crippen LogP contribution in [0.1, 0.15) is 84.5 Å². The summed E-state index contributed by atoms with van der Waals surface area (Å²) in [4.78, 5) is 2.88. The molecular formula is C23H40ClN. The summed E-state index contributed by atoms with van der Waals surface area (Å²) in [5, 5.41) is 0. The van der Waals surface area contributed by atoms with Crippen LogP contribution < -0.4 is 0 Å². The summed E-state index contributed by atoms with van der Waals surface area (Å²) >= 11 is 6.19. The molecule has 0 spiro atoms. The Labute approximate surface area is 161 Å². The second-order valence-electron chi connectivity index (χ2n) is 10.2. The van der Waals surface area contributed by atoms with Crippen molar-refractivity contribution in [3.8, 4) is 0 Å². The summed E-state index contributed by atoms with van der Waals surface area (Å²) in [6, 6.07) is 1.77. The monoisotopic (exact) mass is 365 g/mol. The molecule has 1 saturated heterocycles. The Kier molecular flexibility index (Phi) is 6.02. The summed E-state index contributed by atoms with van der Waals surface area (Å²) in [5.74, 6) is 6.84. The second kappa shape index (κ2) is 8.09. The highest BCUT2D eigenvalue weighted by atomic mass is 35.5. The van der Waals surface area contributed by atoms with Crippen LogP contribution in [0.2, 0.25) is 0 Å². The lowest BCUT2D eigenvalue weighted by Gasteiger charge is -2.40. The van der Waals surface area contributed by atoms with Gasteiger partial charge >= 0.3 is 0 Å². The lowest BCUT2D eigenvalue weighted by atomic mass is 9.66. The lowest BCUT2D eigenvalue weighted by molar-refractivity contribution is 0.105. The first kappa shape index (κ1) is 18.6. The van der Waals surface area contributed by atoms with Crippen LogP contribution in [0.5, 0.6) is 0 Å². The number of likely N-dealkylation sites (tertiary alicyclic amines) is 1.